The van der Waals surface area contributed by atoms with E-state index in [0.717, 1.165) is 14.7 Å². The zero-order valence-corrected chi connectivity index (χ0v) is 15.8. The molecule has 24 heavy (non-hydrogen) atoms. The Kier molecular flexibility index (Phi) is 4.91. The van der Waals surface area contributed by atoms with Crippen molar-refractivity contribution in [1.82, 2.24) is 9.88 Å². The van der Waals surface area contributed by atoms with Gasteiger partial charge in [-0.25, -0.2) is 0 Å². The lowest BCUT2D eigenvalue weighted by Gasteiger charge is -2.11. The molecule has 3 aromatic rings. The van der Waals surface area contributed by atoms with Crippen molar-refractivity contribution in [2.45, 2.75) is 6.54 Å². The number of aryl methyl sites for hydroxylation is 1. The number of pyridine rings is 1. The van der Waals surface area contributed by atoms with Gasteiger partial charge in [0.05, 0.1) is 5.52 Å². The van der Waals surface area contributed by atoms with Gasteiger partial charge in [0, 0.05) is 33.8 Å². The Balaban J connectivity index is 1.91. The molecule has 1 heterocycles. The molecule has 6 heteroatoms. The topological polar surface area (TPSA) is 51.1 Å². The van der Waals surface area contributed by atoms with Gasteiger partial charge < -0.3 is 9.88 Å². The molecule has 0 unspecified atom stereocenters. The van der Waals surface area contributed by atoms with Crippen molar-refractivity contribution in [3.63, 3.8) is 0 Å². The average molecular weight is 453 g/mol. The van der Waals surface area contributed by atoms with Gasteiger partial charge in [0.25, 0.3) is 5.91 Å². The van der Waals surface area contributed by atoms with Gasteiger partial charge in [0.15, 0.2) is 0 Å². The van der Waals surface area contributed by atoms with Gasteiger partial charge in [-0.05, 0) is 52.4 Å². The molecule has 0 aliphatic rings. The van der Waals surface area contributed by atoms with Crippen LogP contribution in [-0.2, 0) is 13.6 Å². The summed E-state index contributed by atoms with van der Waals surface area (Å²) in [6.45, 7) is 0.337. The molecule has 0 saturated carbocycles. The minimum absolute atomic E-state index is 0.140. The van der Waals surface area contributed by atoms with Gasteiger partial charge in [-0.1, -0.05) is 29.8 Å². The van der Waals surface area contributed by atoms with E-state index in [1.807, 2.05) is 35.9 Å². The third kappa shape index (κ3) is 3.32. The van der Waals surface area contributed by atoms with Gasteiger partial charge in [0.1, 0.15) is 5.56 Å². The Morgan fingerprint density at radius 2 is 1.92 bits per heavy atom. The van der Waals surface area contributed by atoms with E-state index in [9.17, 15) is 9.59 Å². The number of amides is 1. The Morgan fingerprint density at radius 1 is 1.21 bits per heavy atom. The van der Waals surface area contributed by atoms with Crippen molar-refractivity contribution in [2.24, 2.45) is 7.05 Å². The SMILES string of the molecule is Cn1cc(C(=O)NCc2ccc(Cl)cc2)c(=O)c2cccc(I)c21. The Morgan fingerprint density at radius 3 is 2.62 bits per heavy atom. The number of rotatable bonds is 3. The van der Waals surface area contributed by atoms with Crippen LogP contribution in [0.15, 0.2) is 53.5 Å². The highest BCUT2D eigenvalue weighted by Crippen LogP contribution is 2.18. The molecule has 1 aromatic heterocycles. The first-order chi connectivity index (χ1) is 11.5. The molecule has 0 bridgehead atoms. The van der Waals surface area contributed by atoms with E-state index in [2.05, 4.69) is 27.9 Å². The van der Waals surface area contributed by atoms with Crippen molar-refractivity contribution in [1.29, 1.82) is 0 Å². The molecule has 0 radical (unpaired) electrons. The number of aromatic nitrogens is 1. The number of carbonyl (C=O) groups excluding carboxylic acids is 1. The van der Waals surface area contributed by atoms with Crippen molar-refractivity contribution in [3.8, 4) is 0 Å². The van der Waals surface area contributed by atoms with Crippen LogP contribution in [0.1, 0.15) is 15.9 Å². The molecule has 0 atom stereocenters. The Hall–Kier alpha value is -1.86. The molecule has 0 fully saturated rings. The van der Waals surface area contributed by atoms with Crippen LogP contribution in [0.4, 0.5) is 0 Å². The summed E-state index contributed by atoms with van der Waals surface area (Å²) in [7, 11) is 1.83. The fraction of sp³-hybridized carbons (Fsp3) is 0.111. The predicted molar refractivity (Wildman–Crippen MR) is 105 cm³/mol. The summed E-state index contributed by atoms with van der Waals surface area (Å²) in [6.07, 6.45) is 1.59. The summed E-state index contributed by atoms with van der Waals surface area (Å²) in [6, 6.07) is 12.7. The molecule has 0 aliphatic carbocycles. The van der Waals surface area contributed by atoms with Gasteiger partial charge in [-0.15, -0.1) is 0 Å². The standard InChI is InChI=1S/C18H14ClIN2O2/c1-22-10-14(17(23)13-3-2-4-15(20)16(13)22)18(24)21-9-11-5-7-12(19)8-6-11/h2-8,10H,9H2,1H3,(H,21,24). The van der Waals surface area contributed by atoms with Crippen LogP contribution in [0.5, 0.6) is 0 Å². The molecule has 1 amide bonds. The number of halogens is 2. The monoisotopic (exact) mass is 452 g/mol. The lowest BCUT2D eigenvalue weighted by Crippen LogP contribution is -2.29. The van der Waals surface area contributed by atoms with E-state index in [1.54, 1.807) is 24.4 Å². The summed E-state index contributed by atoms with van der Waals surface area (Å²) in [5.74, 6) is -0.383. The zero-order valence-electron chi connectivity index (χ0n) is 12.8. The molecule has 3 rings (SSSR count). The second kappa shape index (κ2) is 6.94. The fourth-order valence-corrected chi connectivity index (χ4v) is 3.57. The van der Waals surface area contributed by atoms with Crippen LogP contribution < -0.4 is 10.7 Å². The number of nitrogens with one attached hydrogen (secondary N) is 1. The quantitative estimate of drug-likeness (QED) is 0.616. The van der Waals surface area contributed by atoms with E-state index < -0.39 is 0 Å². The van der Waals surface area contributed by atoms with Crippen molar-refractivity contribution < 1.29 is 4.79 Å². The van der Waals surface area contributed by atoms with E-state index in [-0.39, 0.29) is 16.9 Å². The van der Waals surface area contributed by atoms with Gasteiger partial charge in [-0.3, -0.25) is 9.59 Å². The van der Waals surface area contributed by atoms with Crippen molar-refractivity contribution in [3.05, 3.63) is 78.6 Å². The van der Waals surface area contributed by atoms with Crippen molar-refractivity contribution in [2.75, 3.05) is 0 Å². The summed E-state index contributed by atoms with van der Waals surface area (Å²) >= 11 is 8.03. The van der Waals surface area contributed by atoms with E-state index in [1.165, 1.54) is 0 Å². The maximum atomic E-state index is 12.6. The molecule has 4 nitrogen and oxygen atoms in total. The first kappa shape index (κ1) is 17.0. The van der Waals surface area contributed by atoms with Crippen LogP contribution in [0.3, 0.4) is 0 Å². The number of para-hydroxylation sites is 1. The van der Waals surface area contributed by atoms with Gasteiger partial charge >= 0.3 is 0 Å². The fourth-order valence-electron chi connectivity index (χ4n) is 2.56. The molecule has 0 aliphatic heterocycles. The number of benzene rings is 2. The third-order valence-electron chi connectivity index (χ3n) is 3.76. The molecular formula is C18H14ClIN2O2. The number of fused-ring (bicyclic) bond motifs is 1. The zero-order chi connectivity index (χ0) is 17.3. The molecule has 1 N–H and O–H groups in total. The van der Waals surface area contributed by atoms with Gasteiger partial charge in [0.2, 0.25) is 5.43 Å². The number of nitrogens with zero attached hydrogens (tertiary/aromatic N) is 1. The second-order valence-corrected chi connectivity index (χ2v) is 7.03. The average Bonchev–Trinajstić information content (AvgIpc) is 2.57. The molecule has 0 spiro atoms. The smallest absolute Gasteiger partial charge is 0.257 e. The highest BCUT2D eigenvalue weighted by Gasteiger charge is 2.15. The number of hydrogen-bond donors (Lipinski definition) is 1. The Labute approximate surface area is 157 Å². The van der Waals surface area contributed by atoms with Gasteiger partial charge in [-0.2, -0.15) is 0 Å². The summed E-state index contributed by atoms with van der Waals surface area (Å²) in [5, 5.41) is 3.97. The van der Waals surface area contributed by atoms with E-state index in [0.29, 0.717) is 17.0 Å². The second-order valence-electron chi connectivity index (χ2n) is 5.43. The predicted octanol–water partition coefficient (Wildman–Crippen LogP) is 3.73. The summed E-state index contributed by atoms with van der Waals surface area (Å²) in [5.41, 5.74) is 1.63. The molecule has 0 saturated heterocycles. The third-order valence-corrected chi connectivity index (χ3v) is 4.88. The molecule has 122 valence electrons. The molecule has 2 aromatic carbocycles. The minimum atomic E-state index is -0.383. The Bertz CT molecular complexity index is 981. The maximum absolute atomic E-state index is 12.6. The highest BCUT2D eigenvalue weighted by atomic mass is 127. The number of hydrogen-bond acceptors (Lipinski definition) is 2. The molecular weight excluding hydrogens is 439 g/mol. The van der Waals surface area contributed by atoms with E-state index in [4.69, 9.17) is 11.6 Å². The minimum Gasteiger partial charge on any atom is -0.349 e. The lowest BCUT2D eigenvalue weighted by molar-refractivity contribution is 0.0949. The van der Waals surface area contributed by atoms with Crippen LogP contribution >= 0.6 is 34.2 Å². The largest absolute Gasteiger partial charge is 0.349 e. The van der Waals surface area contributed by atoms with Crippen LogP contribution in [-0.4, -0.2) is 10.5 Å². The summed E-state index contributed by atoms with van der Waals surface area (Å²) in [4.78, 5) is 25.1. The normalized spacial score (nSPS) is 10.8. The van der Waals surface area contributed by atoms with E-state index >= 15 is 0 Å². The van der Waals surface area contributed by atoms with Crippen LogP contribution in [0.25, 0.3) is 10.9 Å². The lowest BCUT2D eigenvalue weighted by atomic mass is 10.1. The van der Waals surface area contributed by atoms with Crippen LogP contribution in [0, 0.1) is 3.57 Å². The maximum Gasteiger partial charge on any atom is 0.257 e. The van der Waals surface area contributed by atoms with Crippen molar-refractivity contribution >= 4 is 51.0 Å². The first-order valence-corrected chi connectivity index (χ1v) is 8.73. The van der Waals surface area contributed by atoms with Crippen LogP contribution in [0.2, 0.25) is 5.02 Å². The number of carbonyl (C=O) groups is 1. The highest BCUT2D eigenvalue weighted by molar-refractivity contribution is 14.1. The summed E-state index contributed by atoms with van der Waals surface area (Å²) < 4.78 is 2.79. The first-order valence-electron chi connectivity index (χ1n) is 7.28.